The molecule has 0 saturated carbocycles. The van der Waals surface area contributed by atoms with Crippen LogP contribution >= 0.6 is 0 Å². The predicted molar refractivity (Wildman–Crippen MR) is 83.3 cm³/mol. The molecule has 0 fully saturated rings. The standard InChI is InChI=1S/C15H25NO4S/c1-13(2)10-16(7-8-20-3)21(18,19)12-15-6-4-5-14(9-15)11-17/h4-6,9,13,17H,7-8,10-12H2,1-3H3. The van der Waals surface area contributed by atoms with Crippen molar-refractivity contribution in [3.63, 3.8) is 0 Å². The lowest BCUT2D eigenvalue weighted by molar-refractivity contribution is 0.175. The van der Waals surface area contributed by atoms with Crippen LogP contribution in [0.3, 0.4) is 0 Å². The molecule has 0 bridgehead atoms. The van der Waals surface area contributed by atoms with Crippen molar-refractivity contribution in [3.8, 4) is 0 Å². The molecule has 0 atom stereocenters. The molecule has 1 aromatic carbocycles. The SMILES string of the molecule is COCCN(CC(C)C)S(=O)(=O)Cc1cccc(CO)c1. The smallest absolute Gasteiger partial charge is 0.218 e. The van der Waals surface area contributed by atoms with Crippen LogP contribution in [0.25, 0.3) is 0 Å². The summed E-state index contributed by atoms with van der Waals surface area (Å²) in [4.78, 5) is 0. The molecular weight excluding hydrogens is 290 g/mol. The third-order valence-corrected chi connectivity index (χ3v) is 4.85. The number of ether oxygens (including phenoxy) is 1. The topological polar surface area (TPSA) is 66.8 Å². The van der Waals surface area contributed by atoms with Gasteiger partial charge in [0.25, 0.3) is 0 Å². The number of aliphatic hydroxyl groups is 1. The Balaban J connectivity index is 2.88. The van der Waals surface area contributed by atoms with E-state index in [1.807, 2.05) is 13.8 Å². The van der Waals surface area contributed by atoms with Gasteiger partial charge in [-0.25, -0.2) is 8.42 Å². The first-order chi connectivity index (χ1) is 9.89. The van der Waals surface area contributed by atoms with Crippen LogP contribution in [0.4, 0.5) is 0 Å². The zero-order valence-corrected chi connectivity index (χ0v) is 13.8. The summed E-state index contributed by atoms with van der Waals surface area (Å²) in [6.45, 7) is 5.10. The summed E-state index contributed by atoms with van der Waals surface area (Å²) in [5.74, 6) is 0.192. The van der Waals surface area contributed by atoms with Crippen molar-refractivity contribution < 1.29 is 18.3 Å². The summed E-state index contributed by atoms with van der Waals surface area (Å²) in [6, 6.07) is 7.02. The largest absolute Gasteiger partial charge is 0.392 e. The fourth-order valence-corrected chi connectivity index (χ4v) is 3.73. The van der Waals surface area contributed by atoms with Gasteiger partial charge in [0.1, 0.15) is 0 Å². The van der Waals surface area contributed by atoms with Gasteiger partial charge in [0.05, 0.1) is 19.0 Å². The normalized spacial score (nSPS) is 12.3. The maximum atomic E-state index is 12.5. The van der Waals surface area contributed by atoms with Crippen molar-refractivity contribution in [1.82, 2.24) is 4.31 Å². The average molecular weight is 315 g/mol. The van der Waals surface area contributed by atoms with Crippen LogP contribution in [0.2, 0.25) is 0 Å². The summed E-state index contributed by atoms with van der Waals surface area (Å²) >= 11 is 0. The van der Waals surface area contributed by atoms with Crippen molar-refractivity contribution in [3.05, 3.63) is 35.4 Å². The summed E-state index contributed by atoms with van der Waals surface area (Å²) in [5, 5.41) is 9.13. The molecule has 0 amide bonds. The predicted octanol–water partition coefficient (Wildman–Crippen LogP) is 1.61. The highest BCUT2D eigenvalue weighted by molar-refractivity contribution is 7.88. The van der Waals surface area contributed by atoms with Crippen LogP contribution in [-0.4, -0.2) is 44.6 Å². The Kier molecular flexibility index (Phi) is 7.31. The highest BCUT2D eigenvalue weighted by atomic mass is 32.2. The summed E-state index contributed by atoms with van der Waals surface area (Å²) in [5.41, 5.74) is 1.41. The van der Waals surface area contributed by atoms with E-state index in [0.717, 1.165) is 5.56 Å². The van der Waals surface area contributed by atoms with Crippen LogP contribution in [0.1, 0.15) is 25.0 Å². The molecule has 1 N–H and O–H groups in total. The molecular formula is C15H25NO4S. The van der Waals surface area contributed by atoms with Gasteiger partial charge >= 0.3 is 0 Å². The Morgan fingerprint density at radius 1 is 1.29 bits per heavy atom. The minimum atomic E-state index is -3.40. The van der Waals surface area contributed by atoms with Crippen LogP contribution in [0, 0.1) is 5.92 Å². The zero-order valence-electron chi connectivity index (χ0n) is 12.9. The van der Waals surface area contributed by atoms with Crippen molar-refractivity contribution >= 4 is 10.0 Å². The Morgan fingerprint density at radius 2 is 1.95 bits per heavy atom. The van der Waals surface area contributed by atoms with E-state index >= 15 is 0 Å². The molecule has 1 rings (SSSR count). The first kappa shape index (κ1) is 18.1. The third-order valence-electron chi connectivity index (χ3n) is 3.03. The van der Waals surface area contributed by atoms with Crippen molar-refractivity contribution in [2.24, 2.45) is 5.92 Å². The number of nitrogens with zero attached hydrogens (tertiary/aromatic N) is 1. The van der Waals surface area contributed by atoms with Crippen molar-refractivity contribution in [2.45, 2.75) is 26.2 Å². The maximum absolute atomic E-state index is 12.5. The second-order valence-corrected chi connectivity index (χ2v) is 7.45. The van der Waals surface area contributed by atoms with Gasteiger partial charge < -0.3 is 9.84 Å². The minimum Gasteiger partial charge on any atom is -0.392 e. The van der Waals surface area contributed by atoms with E-state index in [1.165, 1.54) is 4.31 Å². The zero-order chi connectivity index (χ0) is 15.9. The van der Waals surface area contributed by atoms with Gasteiger partial charge in [-0.2, -0.15) is 4.31 Å². The average Bonchev–Trinajstić information content (AvgIpc) is 2.42. The number of rotatable bonds is 9. The molecule has 0 radical (unpaired) electrons. The quantitative estimate of drug-likeness (QED) is 0.752. The summed E-state index contributed by atoms with van der Waals surface area (Å²) in [6.07, 6.45) is 0. The third kappa shape index (κ3) is 6.13. The van der Waals surface area contributed by atoms with Crippen LogP contribution in [-0.2, 0) is 27.1 Å². The van der Waals surface area contributed by atoms with E-state index in [0.29, 0.717) is 25.3 Å². The first-order valence-electron chi connectivity index (χ1n) is 7.04. The number of hydrogen-bond acceptors (Lipinski definition) is 4. The molecule has 5 nitrogen and oxygen atoms in total. The van der Waals surface area contributed by atoms with Crippen molar-refractivity contribution in [2.75, 3.05) is 26.8 Å². The van der Waals surface area contributed by atoms with Gasteiger partial charge in [0.15, 0.2) is 0 Å². The molecule has 0 aliphatic heterocycles. The molecule has 6 heteroatoms. The highest BCUT2D eigenvalue weighted by Crippen LogP contribution is 2.14. The molecule has 21 heavy (non-hydrogen) atoms. The molecule has 0 aliphatic rings. The van der Waals surface area contributed by atoms with E-state index in [2.05, 4.69) is 0 Å². The van der Waals surface area contributed by atoms with E-state index in [1.54, 1.807) is 31.4 Å². The molecule has 0 saturated heterocycles. The summed E-state index contributed by atoms with van der Waals surface area (Å²) < 4.78 is 31.6. The van der Waals surface area contributed by atoms with Gasteiger partial charge in [-0.1, -0.05) is 38.1 Å². The van der Waals surface area contributed by atoms with Crippen LogP contribution in [0.5, 0.6) is 0 Å². The lowest BCUT2D eigenvalue weighted by Crippen LogP contribution is -2.37. The number of aliphatic hydroxyl groups excluding tert-OH is 1. The number of sulfonamides is 1. The second kappa shape index (κ2) is 8.48. The minimum absolute atomic E-state index is 0.0583. The Bertz CT molecular complexity index is 528. The fraction of sp³-hybridized carbons (Fsp3) is 0.600. The molecule has 0 spiro atoms. The van der Waals surface area contributed by atoms with Gasteiger partial charge in [0.2, 0.25) is 10.0 Å². The van der Waals surface area contributed by atoms with E-state index in [4.69, 9.17) is 9.84 Å². The lowest BCUT2D eigenvalue weighted by Gasteiger charge is -2.23. The van der Waals surface area contributed by atoms with Gasteiger partial charge in [0, 0.05) is 20.2 Å². The van der Waals surface area contributed by atoms with Gasteiger partial charge in [-0.3, -0.25) is 0 Å². The number of hydrogen-bond donors (Lipinski definition) is 1. The molecule has 0 heterocycles. The summed E-state index contributed by atoms with van der Waals surface area (Å²) in [7, 11) is -1.84. The fourth-order valence-electron chi connectivity index (χ4n) is 2.06. The Morgan fingerprint density at radius 3 is 2.52 bits per heavy atom. The molecule has 120 valence electrons. The van der Waals surface area contributed by atoms with Crippen molar-refractivity contribution in [1.29, 1.82) is 0 Å². The van der Waals surface area contributed by atoms with Gasteiger partial charge in [-0.15, -0.1) is 0 Å². The van der Waals surface area contributed by atoms with Gasteiger partial charge in [-0.05, 0) is 17.0 Å². The van der Waals surface area contributed by atoms with Crippen LogP contribution < -0.4 is 0 Å². The first-order valence-corrected chi connectivity index (χ1v) is 8.65. The maximum Gasteiger partial charge on any atom is 0.218 e. The monoisotopic (exact) mass is 315 g/mol. The molecule has 0 aliphatic carbocycles. The van der Waals surface area contributed by atoms with E-state index in [9.17, 15) is 8.42 Å². The molecule has 0 unspecified atom stereocenters. The second-order valence-electron chi connectivity index (χ2n) is 5.48. The van der Waals surface area contributed by atoms with E-state index < -0.39 is 10.0 Å². The van der Waals surface area contributed by atoms with Crippen LogP contribution in [0.15, 0.2) is 24.3 Å². The highest BCUT2D eigenvalue weighted by Gasteiger charge is 2.23. The Hall–Kier alpha value is -0.950. The number of benzene rings is 1. The number of methoxy groups -OCH3 is 1. The molecule has 1 aromatic rings. The lowest BCUT2D eigenvalue weighted by atomic mass is 10.1. The van der Waals surface area contributed by atoms with E-state index in [-0.39, 0.29) is 18.3 Å². The molecule has 0 aromatic heterocycles. The Labute approximate surface area is 127 Å².